The molecule has 1 saturated heterocycles. The summed E-state index contributed by atoms with van der Waals surface area (Å²) in [5.74, 6) is 1.32. The summed E-state index contributed by atoms with van der Waals surface area (Å²) in [5, 5.41) is 0.652. The van der Waals surface area contributed by atoms with Gasteiger partial charge in [0, 0.05) is 34.5 Å². The van der Waals surface area contributed by atoms with Gasteiger partial charge in [-0.1, -0.05) is 29.0 Å². The van der Waals surface area contributed by atoms with E-state index in [0.717, 1.165) is 36.4 Å². The Bertz CT molecular complexity index is 788. The number of halogens is 2. The van der Waals surface area contributed by atoms with Crippen LogP contribution in [0.5, 0.6) is 0 Å². The highest BCUT2D eigenvalue weighted by Gasteiger charge is 2.42. The fourth-order valence-corrected chi connectivity index (χ4v) is 5.51. The molecule has 8 heteroatoms. The van der Waals surface area contributed by atoms with Crippen LogP contribution in [0.15, 0.2) is 29.4 Å². The summed E-state index contributed by atoms with van der Waals surface area (Å²) in [6.45, 7) is 2.02. The van der Waals surface area contributed by atoms with E-state index in [1.807, 2.05) is 12.1 Å². The van der Waals surface area contributed by atoms with Gasteiger partial charge in [-0.25, -0.2) is 13.8 Å². The number of hydrogen-bond donors (Lipinski definition) is 1. The number of aromatic nitrogens is 2. The molecule has 0 radical (unpaired) electrons. The molecule has 0 amide bonds. The molecule has 1 aliphatic carbocycles. The summed E-state index contributed by atoms with van der Waals surface area (Å²) in [5.41, 5.74) is 0.969. The van der Waals surface area contributed by atoms with Crippen molar-refractivity contribution in [2.24, 2.45) is 0 Å². The van der Waals surface area contributed by atoms with Crippen molar-refractivity contribution in [1.82, 2.24) is 14.3 Å². The molecule has 1 aromatic carbocycles. The van der Waals surface area contributed by atoms with Crippen molar-refractivity contribution < 1.29 is 8.78 Å². The summed E-state index contributed by atoms with van der Waals surface area (Å²) in [6.07, 6.45) is 5.47. The second-order valence-corrected chi connectivity index (χ2v) is 9.08. The highest BCUT2D eigenvalue weighted by Crippen LogP contribution is 2.48. The summed E-state index contributed by atoms with van der Waals surface area (Å²) >= 11 is 1.23. The van der Waals surface area contributed by atoms with E-state index in [1.54, 1.807) is 6.07 Å². The molecule has 1 aromatic heterocycles. The fraction of sp³-hybridized carbons (Fsp3) is 0.500. The largest absolute Gasteiger partial charge is 0.307 e. The van der Waals surface area contributed by atoms with Gasteiger partial charge >= 0.3 is 0 Å². The first kappa shape index (κ1) is 18.0. The lowest BCUT2D eigenvalue weighted by Gasteiger charge is -2.40. The summed E-state index contributed by atoms with van der Waals surface area (Å²) < 4.78 is 36.5. The molecule has 2 unspecified atom stereocenters. The maximum atomic E-state index is 14.7. The molecule has 0 spiro atoms. The van der Waals surface area contributed by atoms with Crippen molar-refractivity contribution in [2.45, 2.75) is 49.0 Å². The van der Waals surface area contributed by atoms with E-state index in [9.17, 15) is 8.78 Å². The summed E-state index contributed by atoms with van der Waals surface area (Å²) in [4.78, 5) is 7.24. The highest BCUT2D eigenvalue weighted by atomic mass is 32.2. The van der Waals surface area contributed by atoms with E-state index in [0.29, 0.717) is 11.6 Å². The molecular weight excluding hydrogens is 374 g/mol. The molecule has 4 rings (SSSR count). The van der Waals surface area contributed by atoms with Crippen molar-refractivity contribution >= 4 is 33.2 Å². The summed E-state index contributed by atoms with van der Waals surface area (Å²) in [7, 11) is -0.649. The van der Waals surface area contributed by atoms with Gasteiger partial charge in [-0.2, -0.15) is 4.37 Å². The van der Waals surface area contributed by atoms with Gasteiger partial charge in [0.05, 0.1) is 0 Å². The van der Waals surface area contributed by atoms with E-state index in [-0.39, 0.29) is 18.0 Å². The molecule has 140 valence electrons. The molecule has 0 saturated carbocycles. The number of nitrogens with one attached hydrogen (secondary N) is 1. The molecule has 2 aromatic rings. The van der Waals surface area contributed by atoms with Gasteiger partial charge in [0.1, 0.15) is 6.33 Å². The molecule has 2 heterocycles. The average molecular weight is 397 g/mol. The van der Waals surface area contributed by atoms with Crippen LogP contribution in [0.3, 0.4) is 0 Å². The van der Waals surface area contributed by atoms with E-state index >= 15 is 0 Å². The lowest BCUT2D eigenvalue weighted by atomic mass is 9.83. The van der Waals surface area contributed by atoms with Gasteiger partial charge in [-0.15, -0.1) is 0 Å². The monoisotopic (exact) mass is 396 g/mol. The van der Waals surface area contributed by atoms with Crippen molar-refractivity contribution in [3.63, 3.8) is 0 Å². The number of fused-ring (bicyclic) bond motifs is 1. The SMILES string of the molecule is C=S(Nc1ncns1)c1ccc2c(c1)C(F)(F)CCC2N1CCCCC1. The van der Waals surface area contributed by atoms with Crippen LogP contribution in [0.1, 0.15) is 49.3 Å². The average Bonchev–Trinajstić information content (AvgIpc) is 3.15. The molecule has 4 nitrogen and oxygen atoms in total. The number of alkyl halides is 2. The Hall–Kier alpha value is -1.38. The van der Waals surface area contributed by atoms with Gasteiger partial charge in [-0.3, -0.25) is 4.90 Å². The van der Waals surface area contributed by atoms with Crippen LogP contribution in [0.2, 0.25) is 0 Å². The zero-order chi connectivity index (χ0) is 18.1. The van der Waals surface area contributed by atoms with E-state index < -0.39 is 16.6 Å². The molecule has 26 heavy (non-hydrogen) atoms. The first-order valence-corrected chi connectivity index (χ1v) is 11.0. The van der Waals surface area contributed by atoms with Crippen LogP contribution in [-0.4, -0.2) is 33.2 Å². The van der Waals surface area contributed by atoms with Crippen molar-refractivity contribution in [3.8, 4) is 0 Å². The number of anilines is 1. The lowest BCUT2D eigenvalue weighted by Crippen LogP contribution is -2.38. The second kappa shape index (κ2) is 7.32. The third-order valence-electron chi connectivity index (χ3n) is 5.20. The summed E-state index contributed by atoms with van der Waals surface area (Å²) in [6, 6.07) is 5.59. The highest BCUT2D eigenvalue weighted by molar-refractivity contribution is 8.15. The van der Waals surface area contributed by atoms with E-state index in [1.165, 1.54) is 24.3 Å². The van der Waals surface area contributed by atoms with Crippen LogP contribution in [0.4, 0.5) is 13.9 Å². The minimum absolute atomic E-state index is 0.0840. The minimum atomic E-state index is -2.77. The first-order chi connectivity index (χ1) is 12.5. The van der Waals surface area contributed by atoms with Crippen molar-refractivity contribution in [3.05, 3.63) is 35.7 Å². The van der Waals surface area contributed by atoms with Crippen LogP contribution < -0.4 is 4.72 Å². The van der Waals surface area contributed by atoms with Gasteiger partial charge in [-0.05, 0) is 50.0 Å². The lowest BCUT2D eigenvalue weighted by molar-refractivity contribution is -0.0368. The molecule has 1 N–H and O–H groups in total. The van der Waals surface area contributed by atoms with Gasteiger partial charge in [0.25, 0.3) is 5.92 Å². The second-order valence-electron chi connectivity index (χ2n) is 6.84. The maximum Gasteiger partial charge on any atom is 0.273 e. The Morgan fingerprint density at radius 3 is 2.81 bits per heavy atom. The van der Waals surface area contributed by atoms with Crippen LogP contribution in [-0.2, 0) is 5.92 Å². The quantitative estimate of drug-likeness (QED) is 0.736. The van der Waals surface area contributed by atoms with Gasteiger partial charge < -0.3 is 4.72 Å². The molecular formula is C18H22F2N4S2. The Kier molecular flexibility index (Phi) is 5.07. The molecule has 0 bridgehead atoms. The molecule has 1 fully saturated rings. The molecule has 1 aliphatic heterocycles. The topological polar surface area (TPSA) is 41.1 Å². The number of piperidine rings is 1. The number of nitrogens with zero attached hydrogens (tertiary/aromatic N) is 3. The maximum absolute atomic E-state index is 14.7. The standard InChI is InChI=1S/C18H22F2N4S2/c1-26(23-17-21-12-22-25-17)13-5-6-14-15(11-13)18(19,20)8-7-16(14)24-9-3-2-4-10-24/h5-6,11-12,16H,1-4,7-10H2,(H,21,22,23). The normalized spacial score (nSPS) is 24.0. The fourth-order valence-electron chi connectivity index (χ4n) is 3.90. The Labute approximate surface area is 158 Å². The van der Waals surface area contributed by atoms with Crippen LogP contribution >= 0.6 is 22.2 Å². The van der Waals surface area contributed by atoms with E-state index in [2.05, 4.69) is 24.8 Å². The number of rotatable bonds is 4. The molecule has 2 aliphatic rings. The van der Waals surface area contributed by atoms with Gasteiger partial charge in [0.15, 0.2) is 0 Å². The predicted octanol–water partition coefficient (Wildman–Crippen LogP) is 5.04. The Balaban J connectivity index is 1.64. The Morgan fingerprint density at radius 1 is 1.27 bits per heavy atom. The first-order valence-electron chi connectivity index (χ1n) is 8.88. The number of hydrogen-bond acceptors (Lipinski definition) is 5. The number of likely N-dealkylation sites (tertiary alicyclic amines) is 1. The van der Waals surface area contributed by atoms with Gasteiger partial charge in [0.2, 0.25) is 5.13 Å². The molecule has 2 atom stereocenters. The third-order valence-corrected chi connectivity index (χ3v) is 7.17. The van der Waals surface area contributed by atoms with E-state index in [4.69, 9.17) is 0 Å². The smallest absolute Gasteiger partial charge is 0.273 e. The zero-order valence-electron chi connectivity index (χ0n) is 14.5. The predicted molar refractivity (Wildman–Crippen MR) is 104 cm³/mol. The number of benzene rings is 1. The van der Waals surface area contributed by atoms with Crippen molar-refractivity contribution in [1.29, 1.82) is 0 Å². The Morgan fingerprint density at radius 2 is 2.08 bits per heavy atom. The van der Waals surface area contributed by atoms with Crippen molar-refractivity contribution in [2.75, 3.05) is 17.8 Å². The third kappa shape index (κ3) is 3.54. The van der Waals surface area contributed by atoms with Crippen LogP contribution in [0, 0.1) is 0 Å². The minimum Gasteiger partial charge on any atom is -0.307 e. The van der Waals surface area contributed by atoms with Crippen LogP contribution in [0.25, 0.3) is 0 Å². The zero-order valence-corrected chi connectivity index (χ0v) is 16.1.